The van der Waals surface area contributed by atoms with Gasteiger partial charge in [-0.3, -0.25) is 9.79 Å². The Morgan fingerprint density at radius 2 is 2.05 bits per heavy atom. The SMILES string of the molecule is CCNC(=NCCCN1CCC(C)CC1)NCCC(=O)OC. The number of carbonyl (C=O) groups excluding carboxylic acids is 1. The molecule has 1 aliphatic rings. The summed E-state index contributed by atoms with van der Waals surface area (Å²) in [6.45, 7) is 10.1. The van der Waals surface area contributed by atoms with Crippen molar-refractivity contribution in [2.45, 2.75) is 39.5 Å². The molecule has 1 heterocycles. The molecule has 0 aromatic carbocycles. The molecule has 0 atom stereocenters. The van der Waals surface area contributed by atoms with E-state index in [2.05, 4.69) is 32.2 Å². The molecular weight excluding hydrogens is 280 g/mol. The zero-order chi connectivity index (χ0) is 16.2. The number of rotatable bonds is 8. The van der Waals surface area contributed by atoms with Crippen LogP contribution in [0.15, 0.2) is 4.99 Å². The Balaban J connectivity index is 2.19. The highest BCUT2D eigenvalue weighted by molar-refractivity contribution is 5.80. The number of aliphatic imine (C=N–C) groups is 1. The fourth-order valence-corrected chi connectivity index (χ4v) is 2.50. The Bertz CT molecular complexity index is 339. The van der Waals surface area contributed by atoms with Gasteiger partial charge in [-0.25, -0.2) is 0 Å². The summed E-state index contributed by atoms with van der Waals surface area (Å²) in [7, 11) is 1.41. The predicted octanol–water partition coefficient (Wildman–Crippen LogP) is 1.23. The minimum atomic E-state index is -0.206. The van der Waals surface area contributed by atoms with Crippen molar-refractivity contribution in [1.29, 1.82) is 0 Å². The normalized spacial score (nSPS) is 17.3. The van der Waals surface area contributed by atoms with E-state index in [1.807, 2.05) is 6.92 Å². The van der Waals surface area contributed by atoms with Gasteiger partial charge >= 0.3 is 5.97 Å². The molecule has 0 radical (unpaired) electrons. The predicted molar refractivity (Wildman–Crippen MR) is 90.1 cm³/mol. The number of guanidine groups is 1. The molecule has 6 heteroatoms. The third kappa shape index (κ3) is 8.22. The number of nitrogens with one attached hydrogen (secondary N) is 2. The van der Waals surface area contributed by atoms with E-state index in [1.54, 1.807) is 0 Å². The first kappa shape index (κ1) is 18.7. The van der Waals surface area contributed by atoms with Gasteiger partial charge in [0.05, 0.1) is 13.5 Å². The molecule has 0 aliphatic carbocycles. The lowest BCUT2D eigenvalue weighted by Crippen LogP contribution is -2.38. The zero-order valence-corrected chi connectivity index (χ0v) is 14.4. The summed E-state index contributed by atoms with van der Waals surface area (Å²) in [5.41, 5.74) is 0. The van der Waals surface area contributed by atoms with Gasteiger partial charge in [-0.1, -0.05) is 6.92 Å². The smallest absolute Gasteiger partial charge is 0.307 e. The largest absolute Gasteiger partial charge is 0.469 e. The maximum absolute atomic E-state index is 11.1. The summed E-state index contributed by atoms with van der Waals surface area (Å²) in [5.74, 6) is 1.45. The van der Waals surface area contributed by atoms with E-state index < -0.39 is 0 Å². The van der Waals surface area contributed by atoms with Crippen LogP contribution in [0.2, 0.25) is 0 Å². The molecule has 0 saturated carbocycles. The van der Waals surface area contributed by atoms with E-state index in [9.17, 15) is 4.79 Å². The molecule has 128 valence electrons. The van der Waals surface area contributed by atoms with E-state index >= 15 is 0 Å². The van der Waals surface area contributed by atoms with E-state index in [1.165, 1.54) is 33.0 Å². The summed E-state index contributed by atoms with van der Waals surface area (Å²) in [6.07, 6.45) is 4.07. The topological polar surface area (TPSA) is 66.0 Å². The molecule has 0 unspecified atom stereocenters. The average molecular weight is 312 g/mol. The molecule has 6 nitrogen and oxygen atoms in total. The van der Waals surface area contributed by atoms with Crippen LogP contribution in [0.3, 0.4) is 0 Å². The maximum atomic E-state index is 11.1. The quantitative estimate of drug-likeness (QED) is 0.305. The number of hydrogen-bond donors (Lipinski definition) is 2. The first-order valence-electron chi connectivity index (χ1n) is 8.47. The molecule has 0 amide bonds. The molecular formula is C16H32N4O2. The van der Waals surface area contributed by atoms with Crippen molar-refractivity contribution in [3.05, 3.63) is 0 Å². The molecule has 1 fully saturated rings. The van der Waals surface area contributed by atoms with Crippen LogP contribution in [-0.2, 0) is 9.53 Å². The van der Waals surface area contributed by atoms with Crippen molar-refractivity contribution in [3.8, 4) is 0 Å². The summed E-state index contributed by atoms with van der Waals surface area (Å²) >= 11 is 0. The first-order chi connectivity index (χ1) is 10.7. The third-order valence-electron chi connectivity index (χ3n) is 3.97. The number of methoxy groups -OCH3 is 1. The van der Waals surface area contributed by atoms with Gasteiger partial charge in [0.2, 0.25) is 0 Å². The van der Waals surface area contributed by atoms with E-state index in [0.29, 0.717) is 13.0 Å². The highest BCUT2D eigenvalue weighted by Gasteiger charge is 2.14. The molecule has 1 rings (SSSR count). The number of hydrogen-bond acceptors (Lipinski definition) is 4. The molecule has 2 N–H and O–H groups in total. The van der Waals surface area contributed by atoms with Crippen molar-refractivity contribution in [1.82, 2.24) is 15.5 Å². The van der Waals surface area contributed by atoms with Gasteiger partial charge < -0.3 is 20.3 Å². The number of carbonyl (C=O) groups is 1. The number of esters is 1. The second-order valence-corrected chi connectivity index (χ2v) is 5.89. The Kier molecular flexibility index (Phi) is 9.62. The highest BCUT2D eigenvalue weighted by Crippen LogP contribution is 2.15. The van der Waals surface area contributed by atoms with Crippen LogP contribution in [0.25, 0.3) is 0 Å². The van der Waals surface area contributed by atoms with Gasteiger partial charge in [-0.2, -0.15) is 0 Å². The van der Waals surface area contributed by atoms with Gasteiger partial charge in [-0.15, -0.1) is 0 Å². The maximum Gasteiger partial charge on any atom is 0.307 e. The van der Waals surface area contributed by atoms with Gasteiger partial charge in [0.25, 0.3) is 0 Å². The van der Waals surface area contributed by atoms with Crippen molar-refractivity contribution in [2.75, 3.05) is 46.4 Å². The minimum Gasteiger partial charge on any atom is -0.469 e. The summed E-state index contributed by atoms with van der Waals surface area (Å²) < 4.78 is 4.62. The summed E-state index contributed by atoms with van der Waals surface area (Å²) in [4.78, 5) is 18.2. The van der Waals surface area contributed by atoms with Crippen LogP contribution in [0.5, 0.6) is 0 Å². The molecule has 0 spiro atoms. The summed E-state index contributed by atoms with van der Waals surface area (Å²) in [6, 6.07) is 0. The fraction of sp³-hybridized carbons (Fsp3) is 0.875. The Hall–Kier alpha value is -1.30. The molecule has 22 heavy (non-hydrogen) atoms. The van der Waals surface area contributed by atoms with Crippen molar-refractivity contribution < 1.29 is 9.53 Å². The van der Waals surface area contributed by atoms with Crippen LogP contribution in [0.1, 0.15) is 39.5 Å². The van der Waals surface area contributed by atoms with Crippen molar-refractivity contribution in [2.24, 2.45) is 10.9 Å². The van der Waals surface area contributed by atoms with Crippen LogP contribution in [0, 0.1) is 5.92 Å². The van der Waals surface area contributed by atoms with Crippen LogP contribution in [0.4, 0.5) is 0 Å². The monoisotopic (exact) mass is 312 g/mol. The van der Waals surface area contributed by atoms with E-state index in [0.717, 1.165) is 37.9 Å². The lowest BCUT2D eigenvalue weighted by molar-refractivity contribution is -0.140. The second-order valence-electron chi connectivity index (χ2n) is 5.89. The first-order valence-corrected chi connectivity index (χ1v) is 8.47. The van der Waals surface area contributed by atoms with Crippen molar-refractivity contribution in [3.63, 3.8) is 0 Å². The van der Waals surface area contributed by atoms with Gasteiger partial charge in [0.1, 0.15) is 0 Å². The van der Waals surface area contributed by atoms with Crippen LogP contribution >= 0.6 is 0 Å². The van der Waals surface area contributed by atoms with E-state index in [-0.39, 0.29) is 5.97 Å². The minimum absolute atomic E-state index is 0.206. The molecule has 1 aliphatic heterocycles. The van der Waals surface area contributed by atoms with Gasteiger partial charge in [-0.05, 0) is 51.7 Å². The lowest BCUT2D eigenvalue weighted by atomic mass is 9.99. The summed E-state index contributed by atoms with van der Waals surface area (Å²) in [5, 5.41) is 6.35. The number of nitrogens with zero attached hydrogens (tertiary/aromatic N) is 2. The van der Waals surface area contributed by atoms with Crippen molar-refractivity contribution >= 4 is 11.9 Å². The Morgan fingerprint density at radius 3 is 2.68 bits per heavy atom. The number of likely N-dealkylation sites (tertiary alicyclic amines) is 1. The lowest BCUT2D eigenvalue weighted by Gasteiger charge is -2.29. The standard InChI is InChI=1S/C16H32N4O2/c1-4-17-16(19-10-6-15(21)22-3)18-9-5-11-20-12-7-14(2)8-13-20/h14H,4-13H2,1-3H3,(H2,17,18,19). The Labute approximate surface area is 134 Å². The molecule has 1 saturated heterocycles. The number of ether oxygens (including phenoxy) is 1. The molecule has 0 bridgehead atoms. The second kappa shape index (κ2) is 11.3. The number of piperidine rings is 1. The van der Waals surface area contributed by atoms with Crippen LogP contribution < -0.4 is 10.6 Å². The zero-order valence-electron chi connectivity index (χ0n) is 14.4. The molecule has 0 aromatic rings. The highest BCUT2D eigenvalue weighted by atomic mass is 16.5. The third-order valence-corrected chi connectivity index (χ3v) is 3.97. The van der Waals surface area contributed by atoms with E-state index in [4.69, 9.17) is 0 Å². The van der Waals surface area contributed by atoms with Crippen LogP contribution in [-0.4, -0.2) is 63.2 Å². The average Bonchev–Trinajstić information content (AvgIpc) is 2.53. The molecule has 0 aromatic heterocycles. The Morgan fingerprint density at radius 1 is 1.32 bits per heavy atom. The fourth-order valence-electron chi connectivity index (χ4n) is 2.50. The van der Waals surface area contributed by atoms with Gasteiger partial charge in [0.15, 0.2) is 5.96 Å². The van der Waals surface area contributed by atoms with Gasteiger partial charge in [0, 0.05) is 19.6 Å².